The van der Waals surface area contributed by atoms with Crippen molar-refractivity contribution in [3.63, 3.8) is 0 Å². The minimum absolute atomic E-state index is 0.0477. The van der Waals surface area contributed by atoms with Crippen LogP contribution in [-0.4, -0.2) is 44.6 Å². The van der Waals surface area contributed by atoms with Crippen LogP contribution in [0.25, 0.3) is 0 Å². The van der Waals surface area contributed by atoms with E-state index >= 15 is 0 Å². The minimum atomic E-state index is -4.28. The Bertz CT molecular complexity index is 1390. The van der Waals surface area contributed by atoms with E-state index in [2.05, 4.69) is 19.9 Å². The summed E-state index contributed by atoms with van der Waals surface area (Å²) in [6.45, 7) is 3.09. The lowest BCUT2D eigenvalue weighted by Gasteiger charge is -2.52. The summed E-state index contributed by atoms with van der Waals surface area (Å²) in [6.07, 6.45) is 1.91. The Morgan fingerprint density at radius 1 is 1.08 bits per heavy atom. The zero-order valence-electron chi connectivity index (χ0n) is 19.6. The summed E-state index contributed by atoms with van der Waals surface area (Å²) in [7, 11) is -4.28. The van der Waals surface area contributed by atoms with Crippen LogP contribution in [-0.2, 0) is 27.8 Å². The highest BCUT2D eigenvalue weighted by atomic mass is 35.5. The number of ether oxygens (including phenoxy) is 1. The van der Waals surface area contributed by atoms with Gasteiger partial charge in [-0.3, -0.25) is 9.62 Å². The first-order valence-electron chi connectivity index (χ1n) is 11.6. The maximum absolute atomic E-state index is 14.8. The van der Waals surface area contributed by atoms with E-state index in [9.17, 15) is 21.6 Å². The van der Waals surface area contributed by atoms with E-state index in [1.165, 1.54) is 22.2 Å². The third-order valence-corrected chi connectivity index (χ3v) is 9.08. The number of sulfonamides is 1. The lowest BCUT2D eigenvalue weighted by Crippen LogP contribution is -2.57. The van der Waals surface area contributed by atoms with Gasteiger partial charge in [-0.1, -0.05) is 11.6 Å². The molecule has 2 N–H and O–H groups in total. The number of nitrogens with one attached hydrogen (secondary N) is 2. The van der Waals surface area contributed by atoms with Crippen molar-refractivity contribution in [2.75, 3.05) is 36.3 Å². The van der Waals surface area contributed by atoms with Gasteiger partial charge in [-0.25, -0.2) is 26.6 Å². The van der Waals surface area contributed by atoms with Gasteiger partial charge in [0.1, 0.15) is 22.3 Å². The lowest BCUT2D eigenvalue weighted by atomic mass is 9.73. The van der Waals surface area contributed by atoms with Crippen molar-refractivity contribution >= 4 is 44.5 Å². The Balaban J connectivity index is 1.31. The van der Waals surface area contributed by atoms with Crippen LogP contribution >= 0.6 is 22.9 Å². The van der Waals surface area contributed by atoms with Crippen LogP contribution in [0.1, 0.15) is 24.0 Å². The second-order valence-corrected chi connectivity index (χ2v) is 12.1. The Labute approximate surface area is 221 Å². The minimum Gasteiger partial charge on any atom is -0.381 e. The summed E-state index contributed by atoms with van der Waals surface area (Å²) >= 11 is 7.42. The fourth-order valence-corrected chi connectivity index (χ4v) is 6.80. The van der Waals surface area contributed by atoms with E-state index < -0.39 is 32.4 Å². The van der Waals surface area contributed by atoms with Crippen LogP contribution in [0, 0.1) is 22.9 Å². The Kier molecular flexibility index (Phi) is 7.38. The first-order chi connectivity index (χ1) is 17.7. The molecule has 2 aliphatic heterocycles. The average Bonchev–Trinajstić information content (AvgIpc) is 3.34. The van der Waals surface area contributed by atoms with Crippen molar-refractivity contribution in [1.82, 2.24) is 9.88 Å². The largest absolute Gasteiger partial charge is 0.381 e. The summed E-state index contributed by atoms with van der Waals surface area (Å²) < 4.78 is 77.2. The third kappa shape index (κ3) is 5.58. The van der Waals surface area contributed by atoms with Crippen LogP contribution in [0.15, 0.2) is 40.1 Å². The zero-order chi connectivity index (χ0) is 26.2. The summed E-state index contributed by atoms with van der Waals surface area (Å²) in [5.74, 6) is -2.13. The van der Waals surface area contributed by atoms with Crippen LogP contribution in [0.4, 0.5) is 24.7 Å². The number of hydrogen-bond acceptors (Lipinski definition) is 7. The first kappa shape index (κ1) is 26.2. The average molecular weight is 573 g/mol. The molecule has 1 spiro atoms. The molecule has 3 heterocycles. The molecule has 7 nitrogen and oxygen atoms in total. The molecule has 13 heteroatoms. The Morgan fingerprint density at radius 2 is 1.78 bits per heavy atom. The van der Waals surface area contributed by atoms with Gasteiger partial charge in [0.2, 0.25) is 0 Å². The molecule has 0 aliphatic carbocycles. The van der Waals surface area contributed by atoms with E-state index in [0.717, 1.165) is 63.4 Å². The summed E-state index contributed by atoms with van der Waals surface area (Å²) in [5, 5.41) is 4.19. The SMILES string of the molecule is O=S(=O)(Nc1cscn1)c1cc(Cl)c(NCc2c(F)ccc(F)c2CN2CC3(CCOCC3)C2)cc1F. The summed E-state index contributed by atoms with van der Waals surface area (Å²) in [4.78, 5) is 5.24. The zero-order valence-corrected chi connectivity index (χ0v) is 22.0. The third-order valence-electron chi connectivity index (χ3n) is 6.81. The second kappa shape index (κ2) is 10.4. The molecule has 1 aromatic heterocycles. The molecule has 2 aromatic carbocycles. The number of rotatable bonds is 8. The van der Waals surface area contributed by atoms with Gasteiger partial charge in [0.25, 0.3) is 10.0 Å². The normalized spacial score (nSPS) is 17.5. The van der Waals surface area contributed by atoms with Gasteiger partial charge in [-0.2, -0.15) is 0 Å². The molecule has 2 fully saturated rings. The van der Waals surface area contributed by atoms with Crippen LogP contribution < -0.4 is 10.0 Å². The number of hydrogen-bond donors (Lipinski definition) is 2. The van der Waals surface area contributed by atoms with Gasteiger partial charge < -0.3 is 10.1 Å². The Hall–Kier alpha value is -2.38. The number of benzene rings is 2. The molecule has 2 aliphatic rings. The molecule has 37 heavy (non-hydrogen) atoms. The molecule has 0 amide bonds. The summed E-state index contributed by atoms with van der Waals surface area (Å²) in [6, 6.07) is 4.02. The van der Waals surface area contributed by atoms with E-state index in [-0.39, 0.29) is 46.2 Å². The molecule has 3 aromatic rings. The van der Waals surface area contributed by atoms with Crippen molar-refractivity contribution in [2.45, 2.75) is 30.8 Å². The fourth-order valence-electron chi connectivity index (χ4n) is 4.87. The number of anilines is 2. The monoisotopic (exact) mass is 572 g/mol. The van der Waals surface area contributed by atoms with Crippen molar-refractivity contribution < 1.29 is 26.3 Å². The predicted octanol–water partition coefficient (Wildman–Crippen LogP) is 5.24. The topological polar surface area (TPSA) is 83.6 Å². The van der Waals surface area contributed by atoms with E-state index in [1.807, 2.05) is 0 Å². The van der Waals surface area contributed by atoms with Crippen molar-refractivity contribution in [1.29, 1.82) is 0 Å². The van der Waals surface area contributed by atoms with E-state index in [0.29, 0.717) is 0 Å². The molecule has 0 unspecified atom stereocenters. The summed E-state index contributed by atoms with van der Waals surface area (Å²) in [5.41, 5.74) is 1.98. The molecule has 0 saturated carbocycles. The molecule has 198 valence electrons. The number of nitrogens with zero attached hydrogens (tertiary/aromatic N) is 2. The van der Waals surface area contributed by atoms with Crippen LogP contribution in [0.2, 0.25) is 5.02 Å². The van der Waals surface area contributed by atoms with E-state index in [4.69, 9.17) is 16.3 Å². The van der Waals surface area contributed by atoms with Gasteiger partial charge in [0.15, 0.2) is 5.82 Å². The van der Waals surface area contributed by atoms with Crippen molar-refractivity contribution in [3.8, 4) is 0 Å². The molecule has 5 rings (SSSR count). The maximum atomic E-state index is 14.8. The highest BCUT2D eigenvalue weighted by molar-refractivity contribution is 7.92. The predicted molar refractivity (Wildman–Crippen MR) is 136 cm³/mol. The van der Waals surface area contributed by atoms with Gasteiger partial charge in [0, 0.05) is 61.3 Å². The molecule has 0 atom stereocenters. The molecule has 0 bridgehead atoms. The molecular weight excluding hydrogens is 549 g/mol. The van der Waals surface area contributed by atoms with Crippen molar-refractivity contribution in [2.24, 2.45) is 5.41 Å². The highest BCUT2D eigenvalue weighted by Crippen LogP contribution is 2.41. The van der Waals surface area contributed by atoms with Gasteiger partial charge in [0.05, 0.1) is 16.2 Å². The smallest absolute Gasteiger partial charge is 0.266 e. The standard InChI is InChI=1S/C24H24ClF3N4O3S2/c25-17-7-22(37(33,34)31-23-11-36-14-30-23)20(28)8-21(17)29-9-15-16(19(27)2-1-18(15)26)10-32-12-24(13-32)3-5-35-6-4-24/h1-2,7-8,11,14,29,31H,3-6,9-10,12-13H2. The number of halogens is 4. The second-order valence-electron chi connectivity index (χ2n) is 9.34. The van der Waals surface area contributed by atoms with Gasteiger partial charge in [-0.15, -0.1) is 11.3 Å². The Morgan fingerprint density at radius 3 is 2.46 bits per heavy atom. The quantitative estimate of drug-likeness (QED) is 0.384. The lowest BCUT2D eigenvalue weighted by molar-refractivity contribution is -0.0842. The van der Waals surface area contributed by atoms with E-state index in [1.54, 1.807) is 0 Å². The first-order valence-corrected chi connectivity index (χ1v) is 14.4. The number of thiazole rings is 1. The van der Waals surface area contributed by atoms with Crippen LogP contribution in [0.3, 0.4) is 0 Å². The van der Waals surface area contributed by atoms with Crippen LogP contribution in [0.5, 0.6) is 0 Å². The van der Waals surface area contributed by atoms with Gasteiger partial charge >= 0.3 is 0 Å². The van der Waals surface area contributed by atoms with Gasteiger partial charge in [-0.05, 0) is 37.1 Å². The highest BCUT2D eigenvalue weighted by Gasteiger charge is 2.43. The fraction of sp³-hybridized carbons (Fsp3) is 0.375. The maximum Gasteiger partial charge on any atom is 0.266 e. The molecular formula is C24H24ClF3N4O3S2. The van der Waals surface area contributed by atoms with Crippen molar-refractivity contribution in [3.05, 3.63) is 68.8 Å². The molecule has 0 radical (unpaired) electrons. The molecule has 2 saturated heterocycles. The number of likely N-dealkylation sites (tertiary alicyclic amines) is 1. The number of aromatic nitrogens is 1.